The maximum atomic E-state index is 14.2. The first-order valence-corrected chi connectivity index (χ1v) is 15.4. The summed E-state index contributed by atoms with van der Waals surface area (Å²) in [4.78, 5) is 32.9. The zero-order chi connectivity index (χ0) is 30.5. The predicted molar refractivity (Wildman–Crippen MR) is 170 cm³/mol. The third-order valence-electron chi connectivity index (χ3n) is 7.49. The minimum Gasteiger partial charge on any atom is -0.496 e. The average molecular weight is 649 g/mol. The number of aryl methyl sites for hydroxylation is 3. The summed E-state index contributed by atoms with van der Waals surface area (Å²) in [7, 11) is 1.57. The number of hydrogen-bond acceptors (Lipinski definition) is 6. The Labute approximate surface area is 257 Å². The van der Waals surface area contributed by atoms with E-state index < -0.39 is 12.0 Å². The van der Waals surface area contributed by atoms with E-state index in [1.165, 1.54) is 22.5 Å². The molecule has 0 radical (unpaired) electrons. The molecule has 0 bridgehead atoms. The number of para-hydroxylation sites is 1. The molecule has 0 N–H and O–H groups in total. The van der Waals surface area contributed by atoms with E-state index in [1.807, 2.05) is 24.3 Å². The Bertz CT molecular complexity index is 1920. The molecule has 0 spiro atoms. The summed E-state index contributed by atoms with van der Waals surface area (Å²) in [6.45, 7) is 13.7. The fourth-order valence-electron chi connectivity index (χ4n) is 5.65. The van der Waals surface area contributed by atoms with Gasteiger partial charge in [-0.25, -0.2) is 9.79 Å². The van der Waals surface area contributed by atoms with Crippen LogP contribution in [0.15, 0.2) is 68.0 Å². The molecule has 1 aliphatic rings. The van der Waals surface area contributed by atoms with Gasteiger partial charge in [0.05, 0.1) is 34.7 Å². The Morgan fingerprint density at radius 3 is 2.40 bits per heavy atom. The summed E-state index contributed by atoms with van der Waals surface area (Å²) in [5.41, 5.74) is 7.84. The van der Waals surface area contributed by atoms with Gasteiger partial charge in [-0.15, -0.1) is 0 Å². The largest absolute Gasteiger partial charge is 0.496 e. The first kappa shape index (κ1) is 29.8. The molecule has 2 aromatic heterocycles. The summed E-state index contributed by atoms with van der Waals surface area (Å²) in [6.07, 6.45) is 1.59. The Morgan fingerprint density at radius 1 is 1.07 bits per heavy atom. The molecule has 42 heavy (non-hydrogen) atoms. The molecule has 0 fully saturated rings. The maximum absolute atomic E-state index is 14.2. The van der Waals surface area contributed by atoms with Crippen molar-refractivity contribution in [3.63, 3.8) is 0 Å². The average Bonchev–Trinajstić information content (AvgIpc) is 3.37. The smallest absolute Gasteiger partial charge is 0.338 e. The molecule has 5 rings (SSSR count). The van der Waals surface area contributed by atoms with E-state index in [-0.39, 0.29) is 11.7 Å². The van der Waals surface area contributed by atoms with Crippen molar-refractivity contribution in [1.82, 2.24) is 9.13 Å². The number of rotatable bonds is 6. The predicted octanol–water partition coefficient (Wildman–Crippen LogP) is 5.98. The minimum atomic E-state index is -0.774. The monoisotopic (exact) mass is 647 g/mol. The van der Waals surface area contributed by atoms with Gasteiger partial charge >= 0.3 is 5.97 Å². The van der Waals surface area contributed by atoms with Gasteiger partial charge in [0.1, 0.15) is 11.8 Å². The molecule has 9 heteroatoms. The van der Waals surface area contributed by atoms with Crippen molar-refractivity contribution in [3.8, 4) is 11.4 Å². The standard InChI is InChI=1S/C33H34BrN3O4S/c1-17(2)41-32(39)28-21(6)35-33-37(30(28)25-16-24(34)12-13-26(25)40-8)31(38)27(42-33)15-23-14-20(5)36(22(23)7)29-18(3)10-9-11-19(29)4/h9-17,30H,1-8H3/b27-15-/t30-/m1/s1. The van der Waals surface area contributed by atoms with Crippen LogP contribution in [0.2, 0.25) is 0 Å². The second kappa shape index (κ2) is 11.5. The molecular formula is C33H34BrN3O4S. The first-order chi connectivity index (χ1) is 19.9. The highest BCUT2D eigenvalue weighted by atomic mass is 79.9. The van der Waals surface area contributed by atoms with Crippen LogP contribution in [-0.4, -0.2) is 28.3 Å². The molecular weight excluding hydrogens is 614 g/mol. The van der Waals surface area contributed by atoms with E-state index in [0.717, 1.165) is 27.1 Å². The van der Waals surface area contributed by atoms with Gasteiger partial charge in [0, 0.05) is 21.4 Å². The van der Waals surface area contributed by atoms with Crippen molar-refractivity contribution in [3.05, 3.63) is 112 Å². The molecule has 0 saturated heterocycles. The van der Waals surface area contributed by atoms with Gasteiger partial charge in [0.25, 0.3) is 5.56 Å². The fourth-order valence-corrected chi connectivity index (χ4v) is 7.07. The van der Waals surface area contributed by atoms with Crippen LogP contribution in [0.1, 0.15) is 60.5 Å². The SMILES string of the molecule is COc1ccc(Br)cc1[C@@H]1C(C(=O)OC(C)C)=C(C)N=c2s/c(=C\c3cc(C)n(-c4c(C)cccc4C)c3C)c(=O)n21. The summed E-state index contributed by atoms with van der Waals surface area (Å²) in [6, 6.07) is 13.2. The Kier molecular flexibility index (Phi) is 8.18. The van der Waals surface area contributed by atoms with E-state index >= 15 is 0 Å². The van der Waals surface area contributed by atoms with Crippen LogP contribution in [0.3, 0.4) is 0 Å². The number of ether oxygens (including phenoxy) is 2. The molecule has 7 nitrogen and oxygen atoms in total. The van der Waals surface area contributed by atoms with Crippen molar-refractivity contribution in [2.24, 2.45) is 4.99 Å². The number of halogens is 1. The third-order valence-corrected chi connectivity index (χ3v) is 8.97. The zero-order valence-corrected chi connectivity index (χ0v) is 27.4. The number of allylic oxidation sites excluding steroid dienone is 1. The molecule has 4 aromatic rings. The van der Waals surface area contributed by atoms with Crippen LogP contribution in [0.25, 0.3) is 11.8 Å². The van der Waals surface area contributed by atoms with E-state index in [9.17, 15) is 9.59 Å². The lowest BCUT2D eigenvalue weighted by Crippen LogP contribution is -2.40. The normalized spacial score (nSPS) is 15.2. The fraction of sp³-hybridized carbons (Fsp3) is 0.303. The van der Waals surface area contributed by atoms with Crippen LogP contribution < -0.4 is 19.6 Å². The molecule has 0 aliphatic carbocycles. The van der Waals surface area contributed by atoms with E-state index in [4.69, 9.17) is 14.5 Å². The Balaban J connectivity index is 1.75. The van der Waals surface area contributed by atoms with Crippen LogP contribution >= 0.6 is 27.3 Å². The van der Waals surface area contributed by atoms with Gasteiger partial charge in [0.2, 0.25) is 0 Å². The van der Waals surface area contributed by atoms with Crippen LogP contribution in [-0.2, 0) is 9.53 Å². The molecule has 0 saturated carbocycles. The summed E-state index contributed by atoms with van der Waals surface area (Å²) >= 11 is 4.86. The van der Waals surface area contributed by atoms with Gasteiger partial charge in [-0.2, -0.15) is 0 Å². The van der Waals surface area contributed by atoms with Crippen molar-refractivity contribution in [1.29, 1.82) is 0 Å². The minimum absolute atomic E-state index is 0.231. The van der Waals surface area contributed by atoms with Crippen molar-refractivity contribution in [2.75, 3.05) is 7.11 Å². The molecule has 3 heterocycles. The molecule has 2 aromatic carbocycles. The number of carbonyl (C=O) groups is 1. The topological polar surface area (TPSA) is 74.8 Å². The summed E-state index contributed by atoms with van der Waals surface area (Å²) in [5.74, 6) is 0.0455. The van der Waals surface area contributed by atoms with Crippen LogP contribution in [0.4, 0.5) is 0 Å². The first-order valence-electron chi connectivity index (χ1n) is 13.7. The number of aromatic nitrogens is 2. The number of methoxy groups -OCH3 is 1. The van der Waals surface area contributed by atoms with Gasteiger partial charge in [-0.3, -0.25) is 9.36 Å². The number of esters is 1. The highest BCUT2D eigenvalue weighted by Gasteiger charge is 2.35. The highest BCUT2D eigenvalue weighted by molar-refractivity contribution is 9.10. The van der Waals surface area contributed by atoms with Crippen molar-refractivity contribution >= 4 is 39.3 Å². The number of thiazole rings is 1. The van der Waals surface area contributed by atoms with E-state index in [0.29, 0.717) is 31.9 Å². The summed E-state index contributed by atoms with van der Waals surface area (Å²) in [5, 5.41) is 0. The molecule has 1 atom stereocenters. The van der Waals surface area contributed by atoms with Gasteiger partial charge in [-0.1, -0.05) is 45.5 Å². The summed E-state index contributed by atoms with van der Waals surface area (Å²) < 4.78 is 16.5. The zero-order valence-electron chi connectivity index (χ0n) is 25.0. The number of fused-ring (bicyclic) bond motifs is 1. The quantitative estimate of drug-likeness (QED) is 0.241. The molecule has 0 amide bonds. The lowest BCUT2D eigenvalue weighted by Gasteiger charge is -2.26. The molecule has 1 aliphatic heterocycles. The number of carbonyl (C=O) groups excluding carboxylic acids is 1. The number of hydrogen-bond donors (Lipinski definition) is 0. The molecule has 218 valence electrons. The van der Waals surface area contributed by atoms with Gasteiger partial charge in [0.15, 0.2) is 4.80 Å². The second-order valence-electron chi connectivity index (χ2n) is 10.8. The van der Waals surface area contributed by atoms with E-state index in [1.54, 1.807) is 32.4 Å². The van der Waals surface area contributed by atoms with Gasteiger partial charge in [-0.05, 0) is 95.5 Å². The number of benzene rings is 2. The van der Waals surface area contributed by atoms with E-state index in [2.05, 4.69) is 72.5 Å². The highest BCUT2D eigenvalue weighted by Crippen LogP contribution is 2.37. The molecule has 0 unspecified atom stereocenters. The van der Waals surface area contributed by atoms with Crippen molar-refractivity contribution in [2.45, 2.75) is 60.6 Å². The maximum Gasteiger partial charge on any atom is 0.338 e. The Hall–Kier alpha value is -3.69. The second-order valence-corrected chi connectivity index (χ2v) is 12.7. The van der Waals surface area contributed by atoms with Crippen LogP contribution in [0, 0.1) is 27.7 Å². The Morgan fingerprint density at radius 2 is 1.76 bits per heavy atom. The van der Waals surface area contributed by atoms with Gasteiger partial charge < -0.3 is 14.0 Å². The number of nitrogens with zero attached hydrogens (tertiary/aromatic N) is 3. The lowest BCUT2D eigenvalue weighted by molar-refractivity contribution is -0.143. The van der Waals surface area contributed by atoms with Crippen molar-refractivity contribution < 1.29 is 14.3 Å². The third kappa shape index (κ3) is 5.20. The van der Waals surface area contributed by atoms with Crippen LogP contribution in [0.5, 0.6) is 5.75 Å². The lowest BCUT2D eigenvalue weighted by atomic mass is 9.95.